The third kappa shape index (κ3) is 2.00. The second-order valence-corrected chi connectivity index (χ2v) is 3.12. The normalized spacial score (nSPS) is 42.6. The molecule has 0 amide bonds. The second kappa shape index (κ2) is 3.93. The summed E-state index contributed by atoms with van der Waals surface area (Å²) in [5.41, 5.74) is 0. The maximum Gasteiger partial charge on any atom is 0.160 e. The Balaban J connectivity index is 2.47. The van der Waals surface area contributed by atoms with E-state index in [4.69, 9.17) is 4.74 Å². The van der Waals surface area contributed by atoms with Gasteiger partial charge in [-0.3, -0.25) is 0 Å². The molecule has 5 nitrogen and oxygen atoms in total. The molecule has 0 spiro atoms. The fourth-order valence-electron chi connectivity index (χ4n) is 1.25. The average molecular weight is 175 g/mol. The van der Waals surface area contributed by atoms with E-state index in [9.17, 15) is 15.1 Å². The van der Waals surface area contributed by atoms with Gasteiger partial charge in [0.05, 0.1) is 12.2 Å². The van der Waals surface area contributed by atoms with E-state index < -0.39 is 18.5 Å². The van der Waals surface area contributed by atoms with Gasteiger partial charge in [0.2, 0.25) is 0 Å². The zero-order valence-electron chi connectivity index (χ0n) is 6.88. The molecule has 0 aromatic rings. The maximum atomic E-state index is 9.87. The molecule has 0 radical (unpaired) electrons. The van der Waals surface area contributed by atoms with Crippen LogP contribution in [0.1, 0.15) is 13.3 Å². The molecule has 1 aliphatic heterocycles. The van der Waals surface area contributed by atoms with E-state index in [1.54, 1.807) is 6.92 Å². The molecule has 0 aromatic heterocycles. The van der Waals surface area contributed by atoms with Gasteiger partial charge < -0.3 is 14.9 Å². The Morgan fingerprint density at radius 2 is 2.25 bits per heavy atom. The Labute approximate surface area is 70.3 Å². The summed E-state index contributed by atoms with van der Waals surface area (Å²) in [6.45, 7) is 1.68. The third-order valence-electron chi connectivity index (χ3n) is 2.17. The Morgan fingerprint density at radius 1 is 1.58 bits per heavy atom. The molecule has 1 aliphatic rings. The molecule has 0 saturated carbocycles. The van der Waals surface area contributed by atoms with Crippen LogP contribution >= 0.6 is 0 Å². The minimum Gasteiger partial charge on any atom is -0.393 e. The van der Waals surface area contributed by atoms with Gasteiger partial charge in [0.15, 0.2) is 6.29 Å². The molecule has 70 valence electrons. The highest BCUT2D eigenvalue weighted by atomic mass is 16.6. The van der Waals surface area contributed by atoms with E-state index >= 15 is 0 Å². The van der Waals surface area contributed by atoms with Gasteiger partial charge in [-0.15, -0.1) is 0 Å². The zero-order valence-corrected chi connectivity index (χ0v) is 6.88. The number of hydrogen-bond donors (Lipinski definition) is 2. The van der Waals surface area contributed by atoms with Gasteiger partial charge in [-0.2, -0.15) is 4.91 Å². The standard InChI is InChI=1S/C7H13NO4/c1-4-6(9)2-5(3-8-11)12-7(4)10/h4-7,9-10H,2-3H2,1H3/t4-,5?,6?,7?/m1/s1. The predicted molar refractivity (Wildman–Crippen MR) is 41.3 cm³/mol. The molecule has 5 heteroatoms. The van der Waals surface area contributed by atoms with Gasteiger partial charge in [-0.05, 0) is 0 Å². The van der Waals surface area contributed by atoms with E-state index in [1.807, 2.05) is 0 Å². The van der Waals surface area contributed by atoms with Crippen LogP contribution in [-0.4, -0.2) is 35.3 Å². The Hall–Kier alpha value is -0.520. The zero-order chi connectivity index (χ0) is 9.14. The van der Waals surface area contributed by atoms with Gasteiger partial charge in [0, 0.05) is 12.3 Å². The summed E-state index contributed by atoms with van der Waals surface area (Å²) in [5, 5.41) is 21.2. The highest BCUT2D eigenvalue weighted by Crippen LogP contribution is 2.23. The topological polar surface area (TPSA) is 79.1 Å². The van der Waals surface area contributed by atoms with Crippen LogP contribution in [0, 0.1) is 10.8 Å². The van der Waals surface area contributed by atoms with E-state index in [0.717, 1.165) is 0 Å². The van der Waals surface area contributed by atoms with Crippen LogP contribution in [0.3, 0.4) is 0 Å². The van der Waals surface area contributed by atoms with Crippen molar-refractivity contribution in [1.82, 2.24) is 0 Å². The monoisotopic (exact) mass is 175 g/mol. The number of hydrogen-bond acceptors (Lipinski definition) is 5. The first-order chi connectivity index (χ1) is 5.65. The van der Waals surface area contributed by atoms with Crippen molar-refractivity contribution in [2.45, 2.75) is 31.8 Å². The Morgan fingerprint density at radius 3 is 2.75 bits per heavy atom. The minimum atomic E-state index is -0.986. The molecule has 1 fully saturated rings. The lowest BCUT2D eigenvalue weighted by Crippen LogP contribution is -2.43. The van der Waals surface area contributed by atoms with Crippen LogP contribution in [-0.2, 0) is 4.74 Å². The van der Waals surface area contributed by atoms with E-state index in [2.05, 4.69) is 5.18 Å². The first kappa shape index (κ1) is 9.57. The summed E-state index contributed by atoms with van der Waals surface area (Å²) in [4.78, 5) is 9.87. The Bertz CT molecular complexity index is 151. The van der Waals surface area contributed by atoms with Crippen LogP contribution in [0.2, 0.25) is 0 Å². The van der Waals surface area contributed by atoms with Crippen molar-refractivity contribution in [2.75, 3.05) is 6.54 Å². The molecule has 0 aromatic carbocycles. The lowest BCUT2D eigenvalue weighted by Gasteiger charge is -2.34. The average Bonchev–Trinajstić information content (AvgIpc) is 2.01. The molecule has 1 rings (SSSR count). The molecule has 1 heterocycles. The van der Waals surface area contributed by atoms with E-state index in [1.165, 1.54) is 0 Å². The lowest BCUT2D eigenvalue weighted by molar-refractivity contribution is -0.217. The van der Waals surface area contributed by atoms with E-state index in [-0.39, 0.29) is 12.5 Å². The first-order valence-corrected chi connectivity index (χ1v) is 3.96. The third-order valence-corrected chi connectivity index (χ3v) is 2.17. The number of nitroso groups, excluding NO2 is 1. The fraction of sp³-hybridized carbons (Fsp3) is 1.00. The molecule has 4 atom stereocenters. The first-order valence-electron chi connectivity index (χ1n) is 3.96. The molecule has 2 N–H and O–H groups in total. The van der Waals surface area contributed by atoms with Crippen molar-refractivity contribution in [2.24, 2.45) is 11.1 Å². The molecule has 3 unspecified atom stereocenters. The number of rotatable bonds is 2. The van der Waals surface area contributed by atoms with E-state index in [0.29, 0.717) is 6.42 Å². The molecule has 0 aliphatic carbocycles. The van der Waals surface area contributed by atoms with Crippen LogP contribution in [0.15, 0.2) is 5.18 Å². The molecule has 1 saturated heterocycles. The smallest absolute Gasteiger partial charge is 0.160 e. The highest BCUT2D eigenvalue weighted by molar-refractivity contribution is 4.78. The predicted octanol–water partition coefficient (Wildman–Crippen LogP) is -0.143. The molecular formula is C7H13NO4. The lowest BCUT2D eigenvalue weighted by atomic mass is 9.95. The summed E-state index contributed by atoms with van der Waals surface area (Å²) >= 11 is 0. The van der Waals surface area contributed by atoms with Crippen molar-refractivity contribution in [3.63, 3.8) is 0 Å². The van der Waals surface area contributed by atoms with Gasteiger partial charge in [-0.1, -0.05) is 12.1 Å². The molecular weight excluding hydrogens is 162 g/mol. The van der Waals surface area contributed by atoms with Crippen molar-refractivity contribution >= 4 is 0 Å². The van der Waals surface area contributed by atoms with Crippen molar-refractivity contribution in [3.05, 3.63) is 4.91 Å². The SMILES string of the molecule is C[C@@H]1C(O)CC(CN=O)OC1O. The number of ether oxygens (including phenoxy) is 1. The Kier molecular flexibility index (Phi) is 3.13. The van der Waals surface area contributed by atoms with Crippen molar-refractivity contribution in [1.29, 1.82) is 0 Å². The van der Waals surface area contributed by atoms with Crippen LogP contribution in [0.5, 0.6) is 0 Å². The molecule has 0 bridgehead atoms. The summed E-state index contributed by atoms with van der Waals surface area (Å²) in [6.07, 6.45) is -1.67. The molecule has 12 heavy (non-hydrogen) atoms. The van der Waals surface area contributed by atoms with Gasteiger partial charge in [0.1, 0.15) is 6.54 Å². The minimum absolute atomic E-state index is 0.0131. The number of nitrogens with zero attached hydrogens (tertiary/aromatic N) is 1. The fourth-order valence-corrected chi connectivity index (χ4v) is 1.25. The van der Waals surface area contributed by atoms with Crippen LogP contribution < -0.4 is 0 Å². The van der Waals surface area contributed by atoms with Gasteiger partial charge in [0.25, 0.3) is 0 Å². The van der Waals surface area contributed by atoms with Gasteiger partial charge >= 0.3 is 0 Å². The summed E-state index contributed by atoms with van der Waals surface area (Å²) in [6, 6.07) is 0. The largest absolute Gasteiger partial charge is 0.393 e. The number of aliphatic hydroxyl groups is 2. The summed E-state index contributed by atoms with van der Waals surface area (Å²) in [7, 11) is 0. The van der Waals surface area contributed by atoms with Crippen molar-refractivity contribution < 1.29 is 14.9 Å². The van der Waals surface area contributed by atoms with Crippen LogP contribution in [0.4, 0.5) is 0 Å². The maximum absolute atomic E-state index is 9.87. The summed E-state index contributed by atoms with van der Waals surface area (Å²) < 4.78 is 5.01. The quantitative estimate of drug-likeness (QED) is 0.572. The summed E-state index contributed by atoms with van der Waals surface area (Å²) in [5.74, 6) is -0.298. The van der Waals surface area contributed by atoms with Crippen LogP contribution in [0.25, 0.3) is 0 Å². The van der Waals surface area contributed by atoms with Gasteiger partial charge in [-0.25, -0.2) is 0 Å². The highest BCUT2D eigenvalue weighted by Gasteiger charge is 2.33. The second-order valence-electron chi connectivity index (χ2n) is 3.12. The van der Waals surface area contributed by atoms with Crippen molar-refractivity contribution in [3.8, 4) is 0 Å². The number of aliphatic hydroxyl groups excluding tert-OH is 2.